The Morgan fingerprint density at radius 3 is 2.53 bits per heavy atom. The summed E-state index contributed by atoms with van der Waals surface area (Å²) in [6, 6.07) is 13.7. The van der Waals surface area contributed by atoms with E-state index < -0.39 is 5.97 Å². The van der Waals surface area contributed by atoms with Crippen molar-refractivity contribution in [1.29, 1.82) is 0 Å². The molecule has 0 saturated heterocycles. The number of hydrogen-bond donors (Lipinski definition) is 1. The second-order valence-electron chi connectivity index (χ2n) is 6.86. The molecular weight excluding hydrogens is 450 g/mol. The quantitative estimate of drug-likeness (QED) is 0.419. The number of nitrogens with one attached hydrogen (secondary N) is 1. The van der Waals surface area contributed by atoms with E-state index in [-0.39, 0.29) is 24.6 Å². The summed E-state index contributed by atoms with van der Waals surface area (Å²) in [4.78, 5) is 41.5. The second kappa shape index (κ2) is 9.33. The van der Waals surface area contributed by atoms with Crippen LogP contribution in [-0.2, 0) is 16.1 Å². The number of hydrogen-bond acceptors (Lipinski definition) is 6. The van der Waals surface area contributed by atoms with E-state index in [2.05, 4.69) is 10.3 Å². The molecule has 1 N–H and O–H groups in total. The Morgan fingerprint density at radius 1 is 1.12 bits per heavy atom. The SMILES string of the molecule is CCOC(=O)c1ccc(NC(=O)Cn2cnc3c(-c4ccc(Cl)cc4)csc3c2=O)cc1. The Kier molecular flexibility index (Phi) is 6.34. The van der Waals surface area contributed by atoms with Crippen molar-refractivity contribution in [1.82, 2.24) is 9.55 Å². The molecule has 0 aliphatic rings. The third-order valence-corrected chi connectivity index (χ3v) is 5.90. The van der Waals surface area contributed by atoms with Gasteiger partial charge in [-0.25, -0.2) is 9.78 Å². The van der Waals surface area contributed by atoms with Crippen LogP contribution >= 0.6 is 22.9 Å². The van der Waals surface area contributed by atoms with Gasteiger partial charge < -0.3 is 10.1 Å². The molecule has 0 unspecified atom stereocenters. The number of carbonyl (C=O) groups excluding carboxylic acids is 2. The molecule has 0 atom stereocenters. The summed E-state index contributed by atoms with van der Waals surface area (Å²) in [5.41, 5.74) is 2.96. The molecule has 0 spiro atoms. The van der Waals surface area contributed by atoms with Crippen LogP contribution in [0.15, 0.2) is 65.0 Å². The lowest BCUT2D eigenvalue weighted by molar-refractivity contribution is -0.116. The molecule has 0 bridgehead atoms. The van der Waals surface area contributed by atoms with E-state index in [0.29, 0.717) is 26.5 Å². The molecule has 4 aromatic rings. The third kappa shape index (κ3) is 4.56. The van der Waals surface area contributed by atoms with Crippen molar-refractivity contribution in [2.75, 3.05) is 11.9 Å². The molecule has 2 aromatic carbocycles. The molecule has 0 saturated carbocycles. The lowest BCUT2D eigenvalue weighted by Crippen LogP contribution is -2.27. The van der Waals surface area contributed by atoms with Crippen molar-refractivity contribution < 1.29 is 14.3 Å². The van der Waals surface area contributed by atoms with Crippen molar-refractivity contribution in [3.05, 3.63) is 81.2 Å². The zero-order chi connectivity index (χ0) is 22.7. The van der Waals surface area contributed by atoms with Crippen molar-refractivity contribution in [2.45, 2.75) is 13.5 Å². The first-order valence-corrected chi connectivity index (χ1v) is 11.0. The van der Waals surface area contributed by atoms with Crippen LogP contribution in [0.2, 0.25) is 5.02 Å². The first-order chi connectivity index (χ1) is 15.5. The summed E-state index contributed by atoms with van der Waals surface area (Å²) in [5.74, 6) is -0.808. The maximum absolute atomic E-state index is 12.9. The number of ether oxygens (including phenoxy) is 1. The predicted octanol–water partition coefficient (Wildman–Crippen LogP) is 4.59. The van der Waals surface area contributed by atoms with Gasteiger partial charge in [-0.15, -0.1) is 11.3 Å². The Balaban J connectivity index is 1.50. The van der Waals surface area contributed by atoms with Crippen molar-refractivity contribution in [2.24, 2.45) is 0 Å². The number of thiophene rings is 1. The number of benzene rings is 2. The lowest BCUT2D eigenvalue weighted by Gasteiger charge is -2.08. The normalized spacial score (nSPS) is 10.8. The fourth-order valence-electron chi connectivity index (χ4n) is 3.15. The highest BCUT2D eigenvalue weighted by Gasteiger charge is 2.14. The standard InChI is InChI=1S/C23H18ClN3O4S/c1-2-31-23(30)15-5-9-17(10-6-15)26-19(28)11-27-13-25-20-18(12-32-21(20)22(27)29)14-3-7-16(24)8-4-14/h3-10,12-13H,2,11H2,1H3,(H,26,28). The molecule has 7 nitrogen and oxygen atoms in total. The van der Waals surface area contributed by atoms with Gasteiger partial charge in [-0.05, 0) is 48.9 Å². The van der Waals surface area contributed by atoms with E-state index in [9.17, 15) is 14.4 Å². The van der Waals surface area contributed by atoms with E-state index in [4.69, 9.17) is 16.3 Å². The van der Waals surface area contributed by atoms with Crippen LogP contribution in [0.4, 0.5) is 5.69 Å². The first kappa shape index (κ1) is 21.7. The third-order valence-electron chi connectivity index (χ3n) is 4.70. The minimum Gasteiger partial charge on any atom is -0.462 e. The molecule has 0 fully saturated rings. The topological polar surface area (TPSA) is 90.3 Å². The van der Waals surface area contributed by atoms with Gasteiger partial charge in [0, 0.05) is 21.7 Å². The second-order valence-corrected chi connectivity index (χ2v) is 8.17. The molecule has 9 heteroatoms. The van der Waals surface area contributed by atoms with Gasteiger partial charge >= 0.3 is 5.97 Å². The van der Waals surface area contributed by atoms with E-state index in [1.807, 2.05) is 17.5 Å². The Bertz CT molecular complexity index is 1340. The lowest BCUT2D eigenvalue weighted by atomic mass is 10.1. The number of esters is 1. The van der Waals surface area contributed by atoms with Crippen LogP contribution in [0.25, 0.3) is 21.3 Å². The average molecular weight is 468 g/mol. The van der Waals surface area contributed by atoms with Crippen LogP contribution in [0.5, 0.6) is 0 Å². The average Bonchev–Trinajstić information content (AvgIpc) is 3.22. The predicted molar refractivity (Wildman–Crippen MR) is 125 cm³/mol. The van der Waals surface area contributed by atoms with Gasteiger partial charge in [-0.1, -0.05) is 23.7 Å². The highest BCUT2D eigenvalue weighted by molar-refractivity contribution is 7.17. The number of amides is 1. The van der Waals surface area contributed by atoms with Crippen LogP contribution in [0.1, 0.15) is 17.3 Å². The summed E-state index contributed by atoms with van der Waals surface area (Å²) in [7, 11) is 0. The monoisotopic (exact) mass is 467 g/mol. The number of fused-ring (bicyclic) bond motifs is 1. The van der Waals surface area contributed by atoms with Gasteiger partial charge in [-0.2, -0.15) is 0 Å². The summed E-state index contributed by atoms with van der Waals surface area (Å²) in [6.45, 7) is 1.83. The summed E-state index contributed by atoms with van der Waals surface area (Å²) in [6.07, 6.45) is 1.38. The number of halogens is 1. The number of nitrogens with zero attached hydrogens (tertiary/aromatic N) is 2. The van der Waals surface area contributed by atoms with Crippen LogP contribution < -0.4 is 10.9 Å². The Labute approximate surface area is 192 Å². The summed E-state index contributed by atoms with van der Waals surface area (Å²) in [5, 5.41) is 5.22. The maximum atomic E-state index is 12.9. The smallest absolute Gasteiger partial charge is 0.338 e. The molecular formula is C23H18ClN3O4S. The number of rotatable bonds is 6. The fourth-order valence-corrected chi connectivity index (χ4v) is 4.25. The van der Waals surface area contributed by atoms with Crippen LogP contribution in [0.3, 0.4) is 0 Å². The van der Waals surface area contributed by atoms with E-state index in [1.54, 1.807) is 43.3 Å². The summed E-state index contributed by atoms with van der Waals surface area (Å²) < 4.78 is 6.68. The summed E-state index contributed by atoms with van der Waals surface area (Å²) >= 11 is 7.24. The van der Waals surface area contributed by atoms with E-state index in [1.165, 1.54) is 22.2 Å². The zero-order valence-electron chi connectivity index (χ0n) is 17.0. The molecule has 0 aliphatic heterocycles. The molecule has 0 radical (unpaired) electrons. The number of anilines is 1. The molecule has 0 aliphatic carbocycles. The number of aromatic nitrogens is 2. The van der Waals surface area contributed by atoms with Gasteiger partial charge in [0.25, 0.3) is 5.56 Å². The zero-order valence-corrected chi connectivity index (χ0v) is 18.6. The van der Waals surface area contributed by atoms with Gasteiger partial charge in [0.1, 0.15) is 11.2 Å². The van der Waals surface area contributed by atoms with Crippen molar-refractivity contribution >= 4 is 50.7 Å². The molecule has 162 valence electrons. The van der Waals surface area contributed by atoms with Crippen molar-refractivity contribution in [3.8, 4) is 11.1 Å². The highest BCUT2D eigenvalue weighted by atomic mass is 35.5. The first-order valence-electron chi connectivity index (χ1n) is 9.76. The fraction of sp³-hybridized carbons (Fsp3) is 0.130. The van der Waals surface area contributed by atoms with E-state index in [0.717, 1.165) is 11.1 Å². The van der Waals surface area contributed by atoms with Crippen molar-refractivity contribution in [3.63, 3.8) is 0 Å². The largest absolute Gasteiger partial charge is 0.462 e. The molecule has 32 heavy (non-hydrogen) atoms. The van der Waals surface area contributed by atoms with Crippen LogP contribution in [0, 0.1) is 0 Å². The van der Waals surface area contributed by atoms with Gasteiger partial charge in [-0.3, -0.25) is 14.2 Å². The molecule has 2 heterocycles. The molecule has 1 amide bonds. The minimum atomic E-state index is -0.426. The van der Waals surface area contributed by atoms with Gasteiger partial charge in [0.2, 0.25) is 5.91 Å². The van der Waals surface area contributed by atoms with Gasteiger partial charge in [0.05, 0.1) is 24.0 Å². The molecule has 2 aromatic heterocycles. The highest BCUT2D eigenvalue weighted by Crippen LogP contribution is 2.31. The maximum Gasteiger partial charge on any atom is 0.338 e. The Morgan fingerprint density at radius 2 is 1.84 bits per heavy atom. The number of carbonyl (C=O) groups is 2. The van der Waals surface area contributed by atoms with Gasteiger partial charge in [0.15, 0.2) is 0 Å². The Hall–Kier alpha value is -3.49. The van der Waals surface area contributed by atoms with E-state index >= 15 is 0 Å². The van der Waals surface area contributed by atoms with Crippen LogP contribution in [-0.4, -0.2) is 28.0 Å². The molecule has 4 rings (SSSR count). The minimum absolute atomic E-state index is 0.185.